The van der Waals surface area contributed by atoms with Gasteiger partial charge < -0.3 is 5.73 Å². The molecule has 3 unspecified atom stereocenters. The van der Waals surface area contributed by atoms with Crippen molar-refractivity contribution in [3.8, 4) is 0 Å². The molecule has 0 bridgehead atoms. The molecule has 0 aromatic rings. The lowest BCUT2D eigenvalue weighted by Crippen LogP contribution is -2.61. The third kappa shape index (κ3) is 2.85. The zero-order valence-corrected chi connectivity index (χ0v) is 12.9. The largest absolute Gasteiger partial charge is 0.329 e. The highest BCUT2D eigenvalue weighted by molar-refractivity contribution is 5.02. The van der Waals surface area contributed by atoms with Gasteiger partial charge in [-0.1, -0.05) is 26.7 Å². The Hall–Kier alpha value is -0.0800. The molecule has 2 heteroatoms. The maximum atomic E-state index is 6.34. The predicted molar refractivity (Wildman–Crippen MR) is 81.0 cm³/mol. The smallest absolute Gasteiger partial charge is 0.0359 e. The minimum atomic E-state index is 0.322. The summed E-state index contributed by atoms with van der Waals surface area (Å²) in [4.78, 5) is 2.86. The summed E-state index contributed by atoms with van der Waals surface area (Å²) in [6, 6.07) is 0. The highest BCUT2D eigenvalue weighted by Crippen LogP contribution is 2.45. The van der Waals surface area contributed by atoms with Crippen LogP contribution in [0.2, 0.25) is 0 Å². The van der Waals surface area contributed by atoms with Crippen LogP contribution < -0.4 is 5.73 Å². The van der Waals surface area contributed by atoms with E-state index in [0.29, 0.717) is 5.54 Å². The van der Waals surface area contributed by atoms with Crippen LogP contribution in [-0.2, 0) is 0 Å². The van der Waals surface area contributed by atoms with Crippen LogP contribution in [0.5, 0.6) is 0 Å². The van der Waals surface area contributed by atoms with E-state index in [2.05, 4.69) is 18.7 Å². The van der Waals surface area contributed by atoms with Crippen LogP contribution in [0.3, 0.4) is 0 Å². The van der Waals surface area contributed by atoms with Gasteiger partial charge in [-0.3, -0.25) is 4.90 Å². The van der Waals surface area contributed by atoms with Crippen molar-refractivity contribution in [1.82, 2.24) is 4.90 Å². The average molecular weight is 264 g/mol. The lowest BCUT2D eigenvalue weighted by molar-refractivity contribution is -0.0167. The fourth-order valence-corrected chi connectivity index (χ4v) is 4.26. The summed E-state index contributed by atoms with van der Waals surface area (Å²) in [6.07, 6.45) is 9.99. The number of nitrogens with two attached hydrogens (primary N) is 1. The molecule has 2 N–H and O–H groups in total. The number of hydrogen-bond donors (Lipinski definition) is 1. The molecule has 0 radical (unpaired) electrons. The molecule has 3 saturated carbocycles. The first kappa shape index (κ1) is 13.9. The van der Waals surface area contributed by atoms with Crippen LogP contribution >= 0.6 is 0 Å². The van der Waals surface area contributed by atoms with Gasteiger partial charge in [0, 0.05) is 25.2 Å². The summed E-state index contributed by atoms with van der Waals surface area (Å²) in [5.74, 6) is 3.60. The number of rotatable bonds is 6. The van der Waals surface area contributed by atoms with Crippen LogP contribution in [0.1, 0.15) is 58.8 Å². The summed E-state index contributed by atoms with van der Waals surface area (Å²) in [7, 11) is 0. The molecule has 0 spiro atoms. The van der Waals surface area contributed by atoms with Gasteiger partial charge in [-0.25, -0.2) is 0 Å². The molecule has 0 aliphatic heterocycles. The van der Waals surface area contributed by atoms with Crippen LogP contribution in [0.15, 0.2) is 0 Å². The molecule has 3 aliphatic rings. The summed E-state index contributed by atoms with van der Waals surface area (Å²) >= 11 is 0. The SMILES string of the molecule is CC1CCCC(CN)(N(CC2CC2)CC2CC2)C1C. The van der Waals surface area contributed by atoms with Gasteiger partial charge in [0.1, 0.15) is 0 Å². The minimum absolute atomic E-state index is 0.322. The van der Waals surface area contributed by atoms with Crippen molar-refractivity contribution in [2.45, 2.75) is 64.3 Å². The average Bonchev–Trinajstić information content (AvgIpc) is 3.27. The van der Waals surface area contributed by atoms with Gasteiger partial charge in [-0.2, -0.15) is 0 Å². The van der Waals surface area contributed by atoms with Gasteiger partial charge in [-0.05, 0) is 55.8 Å². The van der Waals surface area contributed by atoms with E-state index in [4.69, 9.17) is 5.73 Å². The van der Waals surface area contributed by atoms with Crippen molar-refractivity contribution in [2.24, 2.45) is 29.4 Å². The number of hydrogen-bond acceptors (Lipinski definition) is 2. The van der Waals surface area contributed by atoms with Crippen molar-refractivity contribution in [3.63, 3.8) is 0 Å². The van der Waals surface area contributed by atoms with Gasteiger partial charge in [0.15, 0.2) is 0 Å². The zero-order chi connectivity index (χ0) is 13.5. The predicted octanol–water partition coefficient (Wildman–Crippen LogP) is 3.26. The lowest BCUT2D eigenvalue weighted by Gasteiger charge is -2.52. The summed E-state index contributed by atoms with van der Waals surface area (Å²) < 4.78 is 0. The molecule has 2 nitrogen and oxygen atoms in total. The Balaban J connectivity index is 1.77. The summed E-state index contributed by atoms with van der Waals surface area (Å²) in [5.41, 5.74) is 6.66. The Morgan fingerprint density at radius 1 is 1.00 bits per heavy atom. The Bertz CT molecular complexity index is 294. The summed E-state index contributed by atoms with van der Waals surface area (Å²) in [5, 5.41) is 0. The van der Waals surface area contributed by atoms with E-state index >= 15 is 0 Å². The first-order valence-electron chi connectivity index (χ1n) is 8.61. The Labute approximate surface area is 119 Å². The summed E-state index contributed by atoms with van der Waals surface area (Å²) in [6.45, 7) is 8.47. The Kier molecular flexibility index (Phi) is 3.92. The molecule has 19 heavy (non-hydrogen) atoms. The first-order chi connectivity index (χ1) is 9.15. The molecule has 0 amide bonds. The fourth-order valence-electron chi connectivity index (χ4n) is 4.26. The van der Waals surface area contributed by atoms with Crippen LogP contribution in [0.4, 0.5) is 0 Å². The second-order valence-electron chi connectivity index (χ2n) is 7.76. The maximum absolute atomic E-state index is 6.34. The third-order valence-electron chi connectivity index (χ3n) is 6.30. The quantitative estimate of drug-likeness (QED) is 0.798. The maximum Gasteiger partial charge on any atom is 0.0359 e. The fraction of sp³-hybridized carbons (Fsp3) is 1.00. The second-order valence-corrected chi connectivity index (χ2v) is 7.76. The van der Waals surface area contributed by atoms with E-state index in [9.17, 15) is 0 Å². The highest BCUT2D eigenvalue weighted by atomic mass is 15.2. The van der Waals surface area contributed by atoms with Crippen LogP contribution in [0, 0.1) is 23.7 Å². The molecular weight excluding hydrogens is 232 g/mol. The van der Waals surface area contributed by atoms with Crippen molar-refractivity contribution in [2.75, 3.05) is 19.6 Å². The van der Waals surface area contributed by atoms with Crippen molar-refractivity contribution in [1.29, 1.82) is 0 Å². The van der Waals surface area contributed by atoms with Gasteiger partial charge >= 0.3 is 0 Å². The van der Waals surface area contributed by atoms with Gasteiger partial charge in [0.25, 0.3) is 0 Å². The molecular formula is C17H32N2. The van der Waals surface area contributed by atoms with E-state index in [1.807, 2.05) is 0 Å². The minimum Gasteiger partial charge on any atom is -0.329 e. The van der Waals surface area contributed by atoms with E-state index < -0.39 is 0 Å². The zero-order valence-electron chi connectivity index (χ0n) is 12.9. The van der Waals surface area contributed by atoms with E-state index in [-0.39, 0.29) is 0 Å². The van der Waals surface area contributed by atoms with Gasteiger partial charge in [0.2, 0.25) is 0 Å². The van der Waals surface area contributed by atoms with E-state index in [1.165, 1.54) is 58.0 Å². The van der Waals surface area contributed by atoms with E-state index in [1.54, 1.807) is 0 Å². The topological polar surface area (TPSA) is 29.3 Å². The van der Waals surface area contributed by atoms with Gasteiger partial charge in [-0.15, -0.1) is 0 Å². The van der Waals surface area contributed by atoms with Crippen molar-refractivity contribution in [3.05, 3.63) is 0 Å². The van der Waals surface area contributed by atoms with Crippen LogP contribution in [0.25, 0.3) is 0 Å². The Morgan fingerprint density at radius 2 is 1.58 bits per heavy atom. The normalized spacial score (nSPS) is 39.8. The molecule has 110 valence electrons. The van der Waals surface area contributed by atoms with Crippen LogP contribution in [-0.4, -0.2) is 30.1 Å². The van der Waals surface area contributed by atoms with Crippen molar-refractivity contribution >= 4 is 0 Å². The molecule has 0 heterocycles. The van der Waals surface area contributed by atoms with Gasteiger partial charge in [0.05, 0.1) is 0 Å². The monoisotopic (exact) mass is 264 g/mol. The second kappa shape index (κ2) is 5.37. The van der Waals surface area contributed by atoms with E-state index in [0.717, 1.165) is 30.2 Å². The molecule has 3 atom stereocenters. The molecule has 0 aromatic carbocycles. The molecule has 3 aliphatic carbocycles. The molecule has 0 saturated heterocycles. The highest BCUT2D eigenvalue weighted by Gasteiger charge is 2.47. The molecule has 0 aromatic heterocycles. The third-order valence-corrected chi connectivity index (χ3v) is 6.30. The molecule has 3 rings (SSSR count). The Morgan fingerprint density at radius 3 is 2.05 bits per heavy atom. The van der Waals surface area contributed by atoms with Crippen molar-refractivity contribution < 1.29 is 0 Å². The molecule has 3 fully saturated rings. The lowest BCUT2D eigenvalue weighted by atomic mass is 9.67. The number of nitrogens with zero attached hydrogens (tertiary/aromatic N) is 1. The standard InChI is InChI=1S/C17H32N2/c1-13-4-3-9-17(12-18,14(13)2)19(10-15-5-6-15)11-16-7-8-16/h13-16H,3-12,18H2,1-2H3. The first-order valence-corrected chi connectivity index (χ1v) is 8.61.